The molecule has 3 rings (SSSR count). The van der Waals surface area contributed by atoms with Gasteiger partial charge in [-0.2, -0.15) is 0 Å². The fourth-order valence-corrected chi connectivity index (χ4v) is 2.29. The van der Waals surface area contributed by atoms with Gasteiger partial charge in [-0.25, -0.2) is 0 Å². The Morgan fingerprint density at radius 3 is 2.26 bits per heavy atom. The molecule has 1 heterocycles. The van der Waals surface area contributed by atoms with Gasteiger partial charge in [-0.05, 0) is 29.3 Å². The number of carbonyl (C=O) groups is 1. The lowest BCUT2D eigenvalue weighted by Gasteiger charge is -2.09. The van der Waals surface area contributed by atoms with E-state index in [4.69, 9.17) is 4.42 Å². The second kappa shape index (κ2) is 7.27. The van der Waals surface area contributed by atoms with Gasteiger partial charge in [0.05, 0.1) is 12.8 Å². The summed E-state index contributed by atoms with van der Waals surface area (Å²) in [5, 5.41) is 2.90. The third-order valence-electron chi connectivity index (χ3n) is 3.44. The van der Waals surface area contributed by atoms with Crippen LogP contribution in [0.5, 0.6) is 0 Å². The molecule has 1 N–H and O–H groups in total. The number of hydrogen-bond acceptors (Lipinski definition) is 2. The molecule has 0 unspecified atom stereocenters. The van der Waals surface area contributed by atoms with Gasteiger partial charge >= 0.3 is 0 Å². The van der Waals surface area contributed by atoms with Crippen LogP contribution >= 0.6 is 0 Å². The fraction of sp³-hybridized carbons (Fsp3) is 0.0500. The Labute approximate surface area is 135 Å². The molecule has 0 spiro atoms. The highest BCUT2D eigenvalue weighted by Gasteiger charge is 2.12. The molecule has 3 heteroatoms. The van der Waals surface area contributed by atoms with E-state index >= 15 is 0 Å². The lowest BCUT2D eigenvalue weighted by Crippen LogP contribution is -2.23. The van der Waals surface area contributed by atoms with Crippen molar-refractivity contribution in [3.63, 3.8) is 0 Å². The summed E-state index contributed by atoms with van der Waals surface area (Å²) < 4.78 is 5.25. The van der Waals surface area contributed by atoms with Crippen molar-refractivity contribution in [2.24, 2.45) is 0 Å². The zero-order chi connectivity index (χ0) is 15.9. The van der Waals surface area contributed by atoms with E-state index in [9.17, 15) is 4.79 Å². The molecule has 0 atom stereocenters. The van der Waals surface area contributed by atoms with Crippen LogP contribution < -0.4 is 5.32 Å². The van der Waals surface area contributed by atoms with Gasteiger partial charge in [0.1, 0.15) is 5.76 Å². The van der Waals surface area contributed by atoms with Gasteiger partial charge < -0.3 is 9.73 Å². The monoisotopic (exact) mass is 303 g/mol. The summed E-state index contributed by atoms with van der Waals surface area (Å²) in [6.07, 6.45) is 3.49. The molecule has 0 aliphatic rings. The maximum Gasteiger partial charge on any atom is 0.252 e. The Balaban J connectivity index is 1.86. The lowest BCUT2D eigenvalue weighted by molar-refractivity contribution is -0.115. The van der Waals surface area contributed by atoms with E-state index in [0.717, 1.165) is 16.9 Å². The van der Waals surface area contributed by atoms with Crippen molar-refractivity contribution in [1.82, 2.24) is 5.32 Å². The van der Waals surface area contributed by atoms with E-state index in [2.05, 4.69) is 5.32 Å². The van der Waals surface area contributed by atoms with Crippen LogP contribution in [0, 0.1) is 0 Å². The first-order chi connectivity index (χ1) is 11.3. The fourth-order valence-electron chi connectivity index (χ4n) is 2.29. The van der Waals surface area contributed by atoms with Crippen LogP contribution in [-0.2, 0) is 11.3 Å². The van der Waals surface area contributed by atoms with Crippen molar-refractivity contribution >= 4 is 17.6 Å². The van der Waals surface area contributed by atoms with Gasteiger partial charge in [0.15, 0.2) is 0 Å². The molecule has 114 valence electrons. The molecule has 2 aromatic carbocycles. The van der Waals surface area contributed by atoms with E-state index in [1.54, 1.807) is 12.3 Å². The first-order valence-electron chi connectivity index (χ1n) is 7.46. The normalized spacial score (nSPS) is 11.2. The highest BCUT2D eigenvalue weighted by molar-refractivity contribution is 6.24. The van der Waals surface area contributed by atoms with Crippen LogP contribution in [0.1, 0.15) is 16.9 Å². The third-order valence-corrected chi connectivity index (χ3v) is 3.44. The molecular formula is C20H17NO2. The number of amides is 1. The number of carbonyl (C=O) groups excluding carboxylic acids is 1. The molecule has 1 amide bonds. The van der Waals surface area contributed by atoms with Gasteiger partial charge in [0.25, 0.3) is 5.91 Å². The highest BCUT2D eigenvalue weighted by atomic mass is 16.3. The zero-order valence-corrected chi connectivity index (χ0v) is 12.6. The van der Waals surface area contributed by atoms with E-state index in [1.165, 1.54) is 0 Å². The summed E-state index contributed by atoms with van der Waals surface area (Å²) in [6, 6.07) is 23.1. The first kappa shape index (κ1) is 14.9. The van der Waals surface area contributed by atoms with Gasteiger partial charge in [-0.3, -0.25) is 4.79 Å². The quantitative estimate of drug-likeness (QED) is 0.568. The molecule has 0 aliphatic carbocycles. The van der Waals surface area contributed by atoms with Crippen molar-refractivity contribution in [1.29, 1.82) is 0 Å². The number of rotatable bonds is 5. The summed E-state index contributed by atoms with van der Waals surface area (Å²) in [6.45, 7) is 0.366. The second-order valence-electron chi connectivity index (χ2n) is 5.10. The SMILES string of the molecule is O=C(NCc1ccco1)/C(=C\c1ccccc1)c1ccccc1. The Morgan fingerprint density at radius 1 is 0.913 bits per heavy atom. The summed E-state index contributed by atoms with van der Waals surface area (Å²) in [5.74, 6) is 0.599. The van der Waals surface area contributed by atoms with Crippen LogP contribution in [0.3, 0.4) is 0 Å². The smallest absolute Gasteiger partial charge is 0.252 e. The van der Waals surface area contributed by atoms with E-state index in [-0.39, 0.29) is 5.91 Å². The maximum absolute atomic E-state index is 12.6. The molecule has 1 aromatic heterocycles. The molecule has 23 heavy (non-hydrogen) atoms. The van der Waals surface area contributed by atoms with E-state index < -0.39 is 0 Å². The van der Waals surface area contributed by atoms with Gasteiger partial charge in [-0.1, -0.05) is 60.7 Å². The van der Waals surface area contributed by atoms with E-state index in [1.807, 2.05) is 72.8 Å². The molecule has 0 bridgehead atoms. The third kappa shape index (κ3) is 3.98. The molecule has 0 saturated carbocycles. The molecular weight excluding hydrogens is 286 g/mol. The van der Waals surface area contributed by atoms with Crippen LogP contribution in [0.4, 0.5) is 0 Å². The number of nitrogens with one attached hydrogen (secondary N) is 1. The minimum atomic E-state index is -0.128. The van der Waals surface area contributed by atoms with Gasteiger partial charge in [-0.15, -0.1) is 0 Å². The Morgan fingerprint density at radius 2 is 1.61 bits per heavy atom. The standard InChI is InChI=1S/C20H17NO2/c22-20(21-15-18-12-7-13-23-18)19(17-10-5-2-6-11-17)14-16-8-3-1-4-9-16/h1-14H,15H2,(H,21,22)/b19-14-. The van der Waals surface area contributed by atoms with Crippen LogP contribution in [0.15, 0.2) is 83.5 Å². The van der Waals surface area contributed by atoms with Crippen LogP contribution in [0.2, 0.25) is 0 Å². The average Bonchev–Trinajstić information content (AvgIpc) is 3.13. The summed E-state index contributed by atoms with van der Waals surface area (Å²) in [5.41, 5.74) is 2.50. The number of benzene rings is 2. The van der Waals surface area contributed by atoms with Gasteiger partial charge in [0, 0.05) is 5.57 Å². The van der Waals surface area contributed by atoms with E-state index in [0.29, 0.717) is 12.1 Å². The van der Waals surface area contributed by atoms with Crippen molar-refractivity contribution in [2.75, 3.05) is 0 Å². The highest BCUT2D eigenvalue weighted by Crippen LogP contribution is 2.18. The molecule has 0 aliphatic heterocycles. The predicted molar refractivity (Wildman–Crippen MR) is 91.3 cm³/mol. The molecule has 0 radical (unpaired) electrons. The average molecular weight is 303 g/mol. The first-order valence-corrected chi connectivity index (χ1v) is 7.46. The number of hydrogen-bond donors (Lipinski definition) is 1. The second-order valence-corrected chi connectivity index (χ2v) is 5.10. The van der Waals surface area contributed by atoms with Gasteiger partial charge in [0.2, 0.25) is 0 Å². The Hall–Kier alpha value is -3.07. The summed E-state index contributed by atoms with van der Waals surface area (Å²) in [4.78, 5) is 12.6. The van der Waals surface area contributed by atoms with Crippen molar-refractivity contribution < 1.29 is 9.21 Å². The molecule has 0 saturated heterocycles. The Bertz CT molecular complexity index is 775. The lowest BCUT2D eigenvalue weighted by atomic mass is 10.0. The maximum atomic E-state index is 12.6. The number of furan rings is 1. The van der Waals surface area contributed by atoms with Crippen molar-refractivity contribution in [3.8, 4) is 0 Å². The minimum absolute atomic E-state index is 0.128. The summed E-state index contributed by atoms with van der Waals surface area (Å²) >= 11 is 0. The van der Waals surface area contributed by atoms with Crippen molar-refractivity contribution in [2.45, 2.75) is 6.54 Å². The predicted octanol–water partition coefficient (Wildman–Crippen LogP) is 4.14. The van der Waals surface area contributed by atoms with Crippen LogP contribution in [0.25, 0.3) is 11.6 Å². The largest absolute Gasteiger partial charge is 0.467 e. The molecule has 0 fully saturated rings. The van der Waals surface area contributed by atoms with Crippen molar-refractivity contribution in [3.05, 3.63) is 95.9 Å². The van der Waals surface area contributed by atoms with Crippen LogP contribution in [-0.4, -0.2) is 5.91 Å². The molecule has 3 nitrogen and oxygen atoms in total. The Kier molecular flexibility index (Phi) is 4.69. The molecule has 3 aromatic rings. The summed E-state index contributed by atoms with van der Waals surface area (Å²) in [7, 11) is 0. The topological polar surface area (TPSA) is 42.2 Å². The minimum Gasteiger partial charge on any atom is -0.467 e. The zero-order valence-electron chi connectivity index (χ0n) is 12.6.